The number of aryl methyl sites for hydroxylation is 1. The van der Waals surface area contributed by atoms with Gasteiger partial charge >= 0.3 is 0 Å². The zero-order valence-corrected chi connectivity index (χ0v) is 14.5. The molecule has 128 valence electrons. The number of fused-ring (bicyclic) bond motifs is 1. The molecule has 5 nitrogen and oxygen atoms in total. The highest BCUT2D eigenvalue weighted by Gasteiger charge is 2.25. The van der Waals surface area contributed by atoms with Crippen LogP contribution in [0.3, 0.4) is 0 Å². The minimum Gasteiger partial charge on any atom is -0.374 e. The Balaban J connectivity index is 1.37. The van der Waals surface area contributed by atoms with E-state index in [0.717, 1.165) is 32.5 Å². The van der Waals surface area contributed by atoms with Crippen LogP contribution in [0.1, 0.15) is 35.8 Å². The maximum Gasteiger partial charge on any atom is 0.100 e. The van der Waals surface area contributed by atoms with Crippen molar-refractivity contribution in [2.75, 3.05) is 25.1 Å². The second kappa shape index (κ2) is 6.57. The van der Waals surface area contributed by atoms with Crippen molar-refractivity contribution in [2.24, 2.45) is 7.05 Å². The fraction of sp³-hybridized carbons (Fsp3) is 0.526. The molecule has 1 N–H and O–H groups in total. The Kier molecular flexibility index (Phi) is 4.29. The summed E-state index contributed by atoms with van der Waals surface area (Å²) in [6.45, 7) is 2.88. The Morgan fingerprint density at radius 3 is 3.08 bits per heavy atom. The molecule has 2 aliphatic heterocycles. The van der Waals surface area contributed by atoms with Gasteiger partial charge in [-0.05, 0) is 36.5 Å². The van der Waals surface area contributed by atoms with Crippen molar-refractivity contribution in [1.29, 1.82) is 0 Å². The SMILES string of the molecule is CN1CCc2cc(CN[C@H]3CCO[C@H](c4cncn4C)C3)ccc21. The van der Waals surface area contributed by atoms with Crippen LogP contribution in [-0.2, 0) is 24.8 Å². The molecule has 0 amide bonds. The maximum atomic E-state index is 5.95. The molecule has 24 heavy (non-hydrogen) atoms. The van der Waals surface area contributed by atoms with E-state index in [-0.39, 0.29) is 6.10 Å². The monoisotopic (exact) mass is 326 g/mol. The quantitative estimate of drug-likeness (QED) is 0.937. The summed E-state index contributed by atoms with van der Waals surface area (Å²) >= 11 is 0. The molecule has 0 spiro atoms. The fourth-order valence-electron chi connectivity index (χ4n) is 3.86. The highest BCUT2D eigenvalue weighted by molar-refractivity contribution is 5.58. The third-order valence-corrected chi connectivity index (χ3v) is 5.33. The number of imidazole rings is 1. The van der Waals surface area contributed by atoms with Crippen LogP contribution in [0, 0.1) is 0 Å². The van der Waals surface area contributed by atoms with E-state index in [1.807, 2.05) is 19.6 Å². The van der Waals surface area contributed by atoms with E-state index in [4.69, 9.17) is 4.74 Å². The van der Waals surface area contributed by atoms with Gasteiger partial charge in [-0.15, -0.1) is 0 Å². The number of ether oxygens (including phenoxy) is 1. The number of aromatic nitrogens is 2. The van der Waals surface area contributed by atoms with E-state index >= 15 is 0 Å². The van der Waals surface area contributed by atoms with Crippen LogP contribution >= 0.6 is 0 Å². The molecule has 5 heteroatoms. The molecule has 1 aromatic carbocycles. The van der Waals surface area contributed by atoms with Crippen molar-refractivity contribution >= 4 is 5.69 Å². The number of nitrogens with one attached hydrogen (secondary N) is 1. The average Bonchev–Trinajstić information content (AvgIpc) is 3.19. The molecule has 0 unspecified atom stereocenters. The standard InChI is InChI=1S/C19H26N4O/c1-22-7-5-15-9-14(3-4-17(15)22)11-21-16-6-8-24-19(10-16)18-12-20-13-23(18)2/h3-4,9,12-13,16,19,21H,5-8,10-11H2,1-2H3/t16-,19-/m0/s1. The van der Waals surface area contributed by atoms with Crippen LogP contribution in [-0.4, -0.2) is 35.8 Å². The predicted octanol–water partition coefficient (Wildman–Crippen LogP) is 2.42. The van der Waals surface area contributed by atoms with E-state index in [2.05, 4.69) is 45.0 Å². The lowest BCUT2D eigenvalue weighted by molar-refractivity contribution is -0.00404. The molecule has 2 aromatic rings. The van der Waals surface area contributed by atoms with Crippen molar-refractivity contribution in [2.45, 2.75) is 38.0 Å². The van der Waals surface area contributed by atoms with E-state index in [1.54, 1.807) is 0 Å². The molecular formula is C19H26N4O. The van der Waals surface area contributed by atoms with Crippen molar-refractivity contribution < 1.29 is 4.74 Å². The van der Waals surface area contributed by atoms with E-state index in [9.17, 15) is 0 Å². The van der Waals surface area contributed by atoms with Gasteiger partial charge in [0, 0.05) is 45.5 Å². The van der Waals surface area contributed by atoms with Crippen molar-refractivity contribution in [3.8, 4) is 0 Å². The molecule has 2 atom stereocenters. The van der Waals surface area contributed by atoms with Gasteiger partial charge in [0.2, 0.25) is 0 Å². The summed E-state index contributed by atoms with van der Waals surface area (Å²) in [6.07, 6.45) is 7.16. The largest absolute Gasteiger partial charge is 0.374 e. The van der Waals surface area contributed by atoms with Gasteiger partial charge in [-0.3, -0.25) is 0 Å². The average molecular weight is 326 g/mol. The van der Waals surface area contributed by atoms with Gasteiger partial charge in [-0.2, -0.15) is 0 Å². The molecular weight excluding hydrogens is 300 g/mol. The van der Waals surface area contributed by atoms with Gasteiger partial charge in [-0.25, -0.2) is 4.98 Å². The first-order chi connectivity index (χ1) is 11.7. The number of likely N-dealkylation sites (N-methyl/N-ethyl adjacent to an activating group) is 1. The molecule has 3 heterocycles. The molecule has 0 radical (unpaired) electrons. The zero-order valence-electron chi connectivity index (χ0n) is 14.5. The van der Waals surface area contributed by atoms with Gasteiger partial charge < -0.3 is 19.5 Å². The molecule has 0 saturated carbocycles. The highest BCUT2D eigenvalue weighted by Crippen LogP contribution is 2.29. The lowest BCUT2D eigenvalue weighted by atomic mass is 10.0. The predicted molar refractivity (Wildman–Crippen MR) is 95.2 cm³/mol. The molecule has 2 aliphatic rings. The topological polar surface area (TPSA) is 42.3 Å². The second-order valence-corrected chi connectivity index (χ2v) is 7.03. The number of hydrogen-bond donors (Lipinski definition) is 1. The maximum absolute atomic E-state index is 5.95. The van der Waals surface area contributed by atoms with Crippen molar-refractivity contribution in [1.82, 2.24) is 14.9 Å². The number of anilines is 1. The van der Waals surface area contributed by atoms with Crippen molar-refractivity contribution in [3.63, 3.8) is 0 Å². The van der Waals surface area contributed by atoms with Crippen LogP contribution in [0.25, 0.3) is 0 Å². The summed E-state index contributed by atoms with van der Waals surface area (Å²) in [6, 6.07) is 7.38. The number of nitrogens with zero attached hydrogens (tertiary/aromatic N) is 3. The Bertz CT molecular complexity index is 711. The van der Waals surface area contributed by atoms with Crippen LogP contribution in [0.5, 0.6) is 0 Å². The van der Waals surface area contributed by atoms with E-state index in [0.29, 0.717) is 6.04 Å². The normalized spacial score (nSPS) is 23.5. The van der Waals surface area contributed by atoms with E-state index < -0.39 is 0 Å². The highest BCUT2D eigenvalue weighted by atomic mass is 16.5. The first-order valence-electron chi connectivity index (χ1n) is 8.85. The summed E-state index contributed by atoms with van der Waals surface area (Å²) in [5.74, 6) is 0. The molecule has 1 fully saturated rings. The number of hydrogen-bond acceptors (Lipinski definition) is 4. The molecule has 0 bridgehead atoms. The number of rotatable bonds is 4. The summed E-state index contributed by atoms with van der Waals surface area (Å²) < 4.78 is 8.01. The smallest absolute Gasteiger partial charge is 0.100 e. The lowest BCUT2D eigenvalue weighted by Gasteiger charge is -2.30. The van der Waals surface area contributed by atoms with Gasteiger partial charge in [0.25, 0.3) is 0 Å². The van der Waals surface area contributed by atoms with Crippen LogP contribution in [0.2, 0.25) is 0 Å². The van der Waals surface area contributed by atoms with Crippen LogP contribution in [0.4, 0.5) is 5.69 Å². The molecule has 1 aromatic heterocycles. The minimum atomic E-state index is 0.150. The first-order valence-corrected chi connectivity index (χ1v) is 8.85. The van der Waals surface area contributed by atoms with Crippen LogP contribution < -0.4 is 10.2 Å². The van der Waals surface area contributed by atoms with E-state index in [1.165, 1.54) is 28.9 Å². The summed E-state index contributed by atoms with van der Waals surface area (Å²) in [7, 11) is 4.20. The van der Waals surface area contributed by atoms with Gasteiger partial charge in [-0.1, -0.05) is 12.1 Å². The lowest BCUT2D eigenvalue weighted by Crippen LogP contribution is -2.36. The minimum absolute atomic E-state index is 0.150. The Labute approximate surface area is 143 Å². The summed E-state index contributed by atoms with van der Waals surface area (Å²) in [5.41, 5.74) is 5.42. The number of benzene rings is 1. The molecule has 1 saturated heterocycles. The Morgan fingerprint density at radius 2 is 2.25 bits per heavy atom. The second-order valence-electron chi connectivity index (χ2n) is 7.03. The molecule has 4 rings (SSSR count). The van der Waals surface area contributed by atoms with Gasteiger partial charge in [0.1, 0.15) is 6.10 Å². The Morgan fingerprint density at radius 1 is 1.33 bits per heavy atom. The summed E-state index contributed by atoms with van der Waals surface area (Å²) in [4.78, 5) is 6.55. The third kappa shape index (κ3) is 3.06. The van der Waals surface area contributed by atoms with Crippen molar-refractivity contribution in [3.05, 3.63) is 47.5 Å². The third-order valence-electron chi connectivity index (χ3n) is 5.33. The fourth-order valence-corrected chi connectivity index (χ4v) is 3.86. The van der Waals surface area contributed by atoms with Crippen LogP contribution in [0.15, 0.2) is 30.7 Å². The van der Waals surface area contributed by atoms with Gasteiger partial charge in [0.05, 0.1) is 18.2 Å². The van der Waals surface area contributed by atoms with Gasteiger partial charge in [0.15, 0.2) is 0 Å². The first kappa shape index (κ1) is 15.7. The summed E-state index contributed by atoms with van der Waals surface area (Å²) in [5, 5.41) is 3.73. The molecule has 0 aliphatic carbocycles. The Hall–Kier alpha value is -1.85. The zero-order chi connectivity index (χ0) is 16.5.